The van der Waals surface area contributed by atoms with Gasteiger partial charge in [0.15, 0.2) is 0 Å². The summed E-state index contributed by atoms with van der Waals surface area (Å²) in [6, 6.07) is 15.1. The predicted octanol–water partition coefficient (Wildman–Crippen LogP) is 4.77. The van der Waals surface area contributed by atoms with Crippen LogP contribution in [-0.4, -0.2) is 0 Å². The summed E-state index contributed by atoms with van der Waals surface area (Å²) >= 11 is 0. The van der Waals surface area contributed by atoms with Crippen molar-refractivity contribution in [2.75, 3.05) is 0 Å². The normalized spacial score (nSPS) is 11.9. The van der Waals surface area contributed by atoms with E-state index in [1.807, 2.05) is 12.1 Å². The van der Waals surface area contributed by atoms with E-state index in [0.29, 0.717) is 0 Å². The van der Waals surface area contributed by atoms with Crippen LogP contribution in [0.25, 0.3) is 0 Å². The lowest BCUT2D eigenvalue weighted by atomic mass is 9.86. The van der Waals surface area contributed by atoms with Crippen molar-refractivity contribution in [3.63, 3.8) is 0 Å². The lowest BCUT2D eigenvalue weighted by Gasteiger charge is -2.16. The highest BCUT2D eigenvalue weighted by atomic mass is 14.3. The fourth-order valence-corrected chi connectivity index (χ4v) is 2.94. The fourth-order valence-electron chi connectivity index (χ4n) is 2.94. The summed E-state index contributed by atoms with van der Waals surface area (Å²) in [5.74, 6) is -0.0729. The average molecular weight is 263 g/mol. The Labute approximate surface area is 121 Å². The summed E-state index contributed by atoms with van der Waals surface area (Å²) in [5, 5.41) is 9.55. The van der Waals surface area contributed by atoms with Crippen molar-refractivity contribution in [1.82, 2.24) is 0 Å². The second-order valence-electron chi connectivity index (χ2n) is 5.62. The molecular weight excluding hydrogens is 242 g/mol. The van der Waals surface area contributed by atoms with Gasteiger partial charge in [0.2, 0.25) is 0 Å². The predicted molar refractivity (Wildman–Crippen MR) is 83.9 cm³/mol. The zero-order chi connectivity index (χ0) is 14.7. The number of aryl methyl sites for hydroxylation is 4. The third kappa shape index (κ3) is 2.91. The molecule has 0 fully saturated rings. The maximum absolute atomic E-state index is 9.55. The number of hydrogen-bond acceptors (Lipinski definition) is 1. The van der Waals surface area contributed by atoms with Gasteiger partial charge in [0.1, 0.15) is 0 Å². The van der Waals surface area contributed by atoms with Crippen molar-refractivity contribution in [2.24, 2.45) is 0 Å². The first-order valence-corrected chi connectivity index (χ1v) is 7.04. The standard InChI is InChI=1S/C19H21N/c1-13-9-15(3)19(16(4)10-13)11-17(12-20)18-8-6-5-7-14(18)2/h5-10,17H,11H2,1-4H3. The van der Waals surface area contributed by atoms with Crippen molar-refractivity contribution in [1.29, 1.82) is 5.26 Å². The van der Waals surface area contributed by atoms with E-state index in [1.165, 1.54) is 27.8 Å². The van der Waals surface area contributed by atoms with Crippen LogP contribution >= 0.6 is 0 Å². The van der Waals surface area contributed by atoms with Crippen LogP contribution in [0.1, 0.15) is 39.3 Å². The van der Waals surface area contributed by atoms with E-state index >= 15 is 0 Å². The van der Waals surface area contributed by atoms with Crippen LogP contribution in [0.3, 0.4) is 0 Å². The molecule has 0 N–H and O–H groups in total. The maximum Gasteiger partial charge on any atom is 0.0755 e. The molecule has 2 aromatic rings. The Morgan fingerprint density at radius 3 is 2.10 bits per heavy atom. The summed E-state index contributed by atoms with van der Waals surface area (Å²) in [4.78, 5) is 0. The van der Waals surface area contributed by atoms with Gasteiger partial charge in [-0.05, 0) is 61.9 Å². The zero-order valence-corrected chi connectivity index (χ0v) is 12.7. The molecule has 20 heavy (non-hydrogen) atoms. The van der Waals surface area contributed by atoms with Crippen LogP contribution in [0.4, 0.5) is 0 Å². The Kier molecular flexibility index (Phi) is 4.25. The monoisotopic (exact) mass is 263 g/mol. The third-order valence-corrected chi connectivity index (χ3v) is 3.97. The second kappa shape index (κ2) is 5.92. The minimum absolute atomic E-state index is 0.0729. The second-order valence-corrected chi connectivity index (χ2v) is 5.62. The smallest absolute Gasteiger partial charge is 0.0755 e. The molecule has 102 valence electrons. The van der Waals surface area contributed by atoms with Crippen LogP contribution < -0.4 is 0 Å². The Balaban J connectivity index is 2.38. The number of nitrogens with zero attached hydrogens (tertiary/aromatic N) is 1. The van der Waals surface area contributed by atoms with Gasteiger partial charge in [0, 0.05) is 0 Å². The molecular formula is C19H21N. The topological polar surface area (TPSA) is 23.8 Å². The quantitative estimate of drug-likeness (QED) is 0.782. The molecule has 0 aliphatic carbocycles. The van der Waals surface area contributed by atoms with Gasteiger partial charge in [0.05, 0.1) is 12.0 Å². The summed E-state index contributed by atoms with van der Waals surface area (Å²) in [5.41, 5.74) is 7.52. The molecule has 0 heterocycles. The maximum atomic E-state index is 9.55. The van der Waals surface area contributed by atoms with E-state index < -0.39 is 0 Å². The third-order valence-electron chi connectivity index (χ3n) is 3.97. The lowest BCUT2D eigenvalue weighted by Crippen LogP contribution is -2.06. The highest BCUT2D eigenvalue weighted by Gasteiger charge is 2.16. The molecule has 0 aliphatic rings. The van der Waals surface area contributed by atoms with Crippen molar-refractivity contribution in [3.8, 4) is 6.07 Å². The van der Waals surface area contributed by atoms with Gasteiger partial charge in [-0.25, -0.2) is 0 Å². The molecule has 0 saturated carbocycles. The fraction of sp³-hybridized carbons (Fsp3) is 0.316. The number of hydrogen-bond donors (Lipinski definition) is 0. The van der Waals surface area contributed by atoms with Gasteiger partial charge in [-0.2, -0.15) is 5.26 Å². The average Bonchev–Trinajstić information content (AvgIpc) is 2.39. The van der Waals surface area contributed by atoms with Gasteiger partial charge in [-0.1, -0.05) is 42.0 Å². The Morgan fingerprint density at radius 2 is 1.55 bits per heavy atom. The van der Waals surface area contributed by atoms with Gasteiger partial charge in [-0.15, -0.1) is 0 Å². The van der Waals surface area contributed by atoms with E-state index in [9.17, 15) is 5.26 Å². The first kappa shape index (κ1) is 14.3. The van der Waals surface area contributed by atoms with Crippen molar-refractivity contribution >= 4 is 0 Å². The molecule has 1 atom stereocenters. The SMILES string of the molecule is Cc1cc(C)c(CC(C#N)c2ccccc2C)c(C)c1. The van der Waals surface area contributed by atoms with Gasteiger partial charge >= 0.3 is 0 Å². The highest BCUT2D eigenvalue weighted by molar-refractivity contribution is 5.41. The molecule has 0 aliphatic heterocycles. The number of nitriles is 1. The molecule has 0 saturated heterocycles. The Bertz CT molecular complexity index is 639. The van der Waals surface area contributed by atoms with Crippen LogP contribution in [-0.2, 0) is 6.42 Å². The molecule has 0 bridgehead atoms. The summed E-state index contributed by atoms with van der Waals surface area (Å²) in [6.07, 6.45) is 0.791. The molecule has 1 heteroatoms. The van der Waals surface area contributed by atoms with Crippen LogP contribution in [0.2, 0.25) is 0 Å². The van der Waals surface area contributed by atoms with Crippen LogP contribution in [0.5, 0.6) is 0 Å². The van der Waals surface area contributed by atoms with E-state index in [2.05, 4.69) is 58.0 Å². The van der Waals surface area contributed by atoms with Crippen LogP contribution in [0, 0.1) is 39.0 Å². The van der Waals surface area contributed by atoms with E-state index in [4.69, 9.17) is 0 Å². The molecule has 0 aromatic heterocycles. The van der Waals surface area contributed by atoms with Gasteiger partial charge in [0.25, 0.3) is 0 Å². The minimum Gasteiger partial charge on any atom is -0.198 e. The van der Waals surface area contributed by atoms with Crippen molar-refractivity contribution in [2.45, 2.75) is 40.0 Å². The minimum atomic E-state index is -0.0729. The summed E-state index contributed by atoms with van der Waals surface area (Å²) in [7, 11) is 0. The number of benzene rings is 2. The first-order chi connectivity index (χ1) is 9.52. The molecule has 0 amide bonds. The molecule has 0 radical (unpaired) electrons. The van der Waals surface area contributed by atoms with E-state index in [0.717, 1.165) is 12.0 Å². The number of rotatable bonds is 3. The van der Waals surface area contributed by atoms with E-state index in [1.54, 1.807) is 0 Å². The van der Waals surface area contributed by atoms with Crippen molar-refractivity contribution in [3.05, 3.63) is 69.8 Å². The highest BCUT2D eigenvalue weighted by Crippen LogP contribution is 2.27. The summed E-state index contributed by atoms with van der Waals surface area (Å²) in [6.45, 7) is 8.48. The molecule has 1 nitrogen and oxygen atoms in total. The molecule has 2 aromatic carbocycles. The first-order valence-electron chi connectivity index (χ1n) is 7.04. The lowest BCUT2D eigenvalue weighted by molar-refractivity contribution is 0.829. The Hall–Kier alpha value is -2.07. The molecule has 2 rings (SSSR count). The molecule has 1 unspecified atom stereocenters. The zero-order valence-electron chi connectivity index (χ0n) is 12.7. The van der Waals surface area contributed by atoms with Gasteiger partial charge in [-0.3, -0.25) is 0 Å². The summed E-state index contributed by atoms with van der Waals surface area (Å²) < 4.78 is 0. The van der Waals surface area contributed by atoms with Gasteiger partial charge < -0.3 is 0 Å². The van der Waals surface area contributed by atoms with E-state index in [-0.39, 0.29) is 5.92 Å². The Morgan fingerprint density at radius 1 is 0.950 bits per heavy atom. The van der Waals surface area contributed by atoms with Crippen LogP contribution in [0.15, 0.2) is 36.4 Å². The van der Waals surface area contributed by atoms with Crippen molar-refractivity contribution < 1.29 is 0 Å². The largest absolute Gasteiger partial charge is 0.198 e. The molecule has 0 spiro atoms.